The smallest absolute Gasteiger partial charge is 0.232 e. The molecule has 1 aliphatic heterocycles. The van der Waals surface area contributed by atoms with Gasteiger partial charge in [0.2, 0.25) is 11.8 Å². The van der Waals surface area contributed by atoms with E-state index < -0.39 is 0 Å². The van der Waals surface area contributed by atoms with E-state index in [9.17, 15) is 4.79 Å². The largest absolute Gasteiger partial charge is 0.342 e. The molecule has 2 aromatic heterocycles. The second-order valence-corrected chi connectivity index (χ2v) is 7.89. The first-order valence-corrected chi connectivity index (χ1v) is 9.89. The van der Waals surface area contributed by atoms with Gasteiger partial charge in [0.25, 0.3) is 0 Å². The summed E-state index contributed by atoms with van der Waals surface area (Å²) >= 11 is 1.57. The normalized spacial score (nSPS) is 20.6. The van der Waals surface area contributed by atoms with E-state index in [0.717, 1.165) is 49.0 Å². The number of rotatable bonds is 6. The average molecular weight is 358 g/mol. The van der Waals surface area contributed by atoms with E-state index in [0.29, 0.717) is 17.6 Å². The van der Waals surface area contributed by atoms with Crippen molar-refractivity contribution in [1.29, 1.82) is 0 Å². The molecule has 2 fully saturated rings. The molecule has 0 unspecified atom stereocenters. The number of hydrogen-bond acceptors (Lipinski definition) is 6. The Morgan fingerprint density at radius 1 is 1.28 bits per heavy atom. The zero-order valence-corrected chi connectivity index (χ0v) is 15.0. The summed E-state index contributed by atoms with van der Waals surface area (Å²) in [7, 11) is 0. The van der Waals surface area contributed by atoms with Crippen LogP contribution in [0.1, 0.15) is 43.3 Å². The number of carbonyl (C=O) groups is 1. The Labute approximate surface area is 151 Å². The molecule has 25 heavy (non-hydrogen) atoms. The molecule has 7 heteroatoms. The van der Waals surface area contributed by atoms with E-state index in [-0.39, 0.29) is 5.91 Å². The molecule has 1 aliphatic carbocycles. The van der Waals surface area contributed by atoms with Gasteiger partial charge in [-0.1, -0.05) is 5.16 Å². The van der Waals surface area contributed by atoms with Gasteiger partial charge in [0, 0.05) is 42.7 Å². The van der Waals surface area contributed by atoms with Crippen LogP contribution in [0.4, 0.5) is 0 Å². The molecule has 0 bridgehead atoms. The lowest BCUT2D eigenvalue weighted by atomic mass is 9.95. The highest BCUT2D eigenvalue weighted by molar-refractivity contribution is 8.00. The van der Waals surface area contributed by atoms with Gasteiger partial charge in [-0.2, -0.15) is 4.98 Å². The van der Waals surface area contributed by atoms with Gasteiger partial charge < -0.3 is 9.42 Å². The Hall–Kier alpha value is -1.89. The fraction of sp³-hybridized carbons (Fsp3) is 0.556. The Kier molecular flexibility index (Phi) is 5.01. The molecule has 1 amide bonds. The number of amides is 1. The van der Waals surface area contributed by atoms with E-state index in [1.807, 2.05) is 17.0 Å². The first-order valence-electron chi connectivity index (χ1n) is 8.91. The van der Waals surface area contributed by atoms with Gasteiger partial charge >= 0.3 is 0 Å². The topological polar surface area (TPSA) is 72.1 Å². The SMILES string of the molecule is O=C(CSc1ccncc1)N1CCC[C@H](Cc2nc(C3CC3)no2)C1. The molecule has 2 aliphatic rings. The summed E-state index contributed by atoms with van der Waals surface area (Å²) in [5.41, 5.74) is 0. The van der Waals surface area contributed by atoms with Crippen LogP contribution in [-0.4, -0.2) is 44.8 Å². The van der Waals surface area contributed by atoms with Gasteiger partial charge in [0.05, 0.1) is 5.75 Å². The Morgan fingerprint density at radius 2 is 2.12 bits per heavy atom. The number of thioether (sulfide) groups is 1. The first-order chi connectivity index (χ1) is 12.3. The number of hydrogen-bond donors (Lipinski definition) is 0. The van der Waals surface area contributed by atoms with Gasteiger partial charge in [0.1, 0.15) is 0 Å². The summed E-state index contributed by atoms with van der Waals surface area (Å²) in [4.78, 5) is 24.1. The van der Waals surface area contributed by atoms with Crippen LogP contribution in [-0.2, 0) is 11.2 Å². The molecule has 0 N–H and O–H groups in total. The predicted octanol–water partition coefficient (Wildman–Crippen LogP) is 2.92. The van der Waals surface area contributed by atoms with Gasteiger partial charge in [-0.25, -0.2) is 0 Å². The third-order valence-corrected chi connectivity index (χ3v) is 5.77. The molecule has 1 atom stereocenters. The van der Waals surface area contributed by atoms with Crippen molar-refractivity contribution in [3.8, 4) is 0 Å². The monoisotopic (exact) mass is 358 g/mol. The van der Waals surface area contributed by atoms with Crippen molar-refractivity contribution in [1.82, 2.24) is 20.0 Å². The molecule has 6 nitrogen and oxygen atoms in total. The van der Waals surface area contributed by atoms with E-state index in [2.05, 4.69) is 15.1 Å². The predicted molar refractivity (Wildman–Crippen MR) is 94.2 cm³/mol. The van der Waals surface area contributed by atoms with Crippen molar-refractivity contribution in [2.24, 2.45) is 5.92 Å². The van der Waals surface area contributed by atoms with E-state index >= 15 is 0 Å². The first kappa shape index (κ1) is 16.6. The molecule has 1 saturated carbocycles. The fourth-order valence-corrected chi connectivity index (χ4v) is 4.02. The zero-order valence-electron chi connectivity index (χ0n) is 14.1. The second-order valence-electron chi connectivity index (χ2n) is 6.84. The summed E-state index contributed by atoms with van der Waals surface area (Å²) in [5, 5.41) is 4.09. The van der Waals surface area contributed by atoms with Crippen LogP contribution in [0.5, 0.6) is 0 Å². The van der Waals surface area contributed by atoms with Crippen LogP contribution in [0.15, 0.2) is 33.9 Å². The maximum atomic E-state index is 12.5. The molecule has 132 valence electrons. The second kappa shape index (κ2) is 7.56. The van der Waals surface area contributed by atoms with Gasteiger partial charge in [-0.3, -0.25) is 9.78 Å². The average Bonchev–Trinajstić information content (AvgIpc) is 3.40. The maximum Gasteiger partial charge on any atom is 0.232 e. The van der Waals surface area contributed by atoms with Crippen LogP contribution in [0.2, 0.25) is 0 Å². The molecule has 3 heterocycles. The van der Waals surface area contributed by atoms with E-state index in [4.69, 9.17) is 4.52 Å². The summed E-state index contributed by atoms with van der Waals surface area (Å²) in [6.45, 7) is 1.64. The number of aromatic nitrogens is 3. The third-order valence-electron chi connectivity index (χ3n) is 4.77. The van der Waals surface area contributed by atoms with E-state index in [1.54, 1.807) is 24.2 Å². The number of likely N-dealkylation sites (tertiary alicyclic amines) is 1. The minimum absolute atomic E-state index is 0.204. The lowest BCUT2D eigenvalue weighted by molar-refractivity contribution is -0.130. The summed E-state index contributed by atoms with van der Waals surface area (Å²) in [6, 6.07) is 3.87. The van der Waals surface area contributed by atoms with Crippen LogP contribution in [0, 0.1) is 5.92 Å². The Balaban J connectivity index is 1.28. The quantitative estimate of drug-likeness (QED) is 0.740. The Morgan fingerprint density at radius 3 is 2.92 bits per heavy atom. The molecular formula is C18H22N4O2S. The van der Waals surface area contributed by atoms with Gasteiger partial charge in [-0.05, 0) is 43.7 Å². The fourth-order valence-electron chi connectivity index (χ4n) is 3.23. The van der Waals surface area contributed by atoms with Crippen LogP contribution in [0.25, 0.3) is 0 Å². The maximum absolute atomic E-state index is 12.5. The van der Waals surface area contributed by atoms with Crippen molar-refractivity contribution in [2.45, 2.75) is 42.9 Å². The zero-order chi connectivity index (χ0) is 17.1. The van der Waals surface area contributed by atoms with Crippen molar-refractivity contribution < 1.29 is 9.32 Å². The minimum atomic E-state index is 0.204. The number of piperidine rings is 1. The minimum Gasteiger partial charge on any atom is -0.342 e. The Bertz CT molecular complexity index is 717. The lowest BCUT2D eigenvalue weighted by Crippen LogP contribution is -2.41. The highest BCUT2D eigenvalue weighted by Crippen LogP contribution is 2.38. The number of nitrogens with zero attached hydrogens (tertiary/aromatic N) is 4. The molecule has 4 rings (SSSR count). The molecule has 1 saturated heterocycles. The molecule has 0 radical (unpaired) electrons. The highest BCUT2D eigenvalue weighted by atomic mass is 32.2. The lowest BCUT2D eigenvalue weighted by Gasteiger charge is -2.32. The summed E-state index contributed by atoms with van der Waals surface area (Å²) < 4.78 is 5.40. The van der Waals surface area contributed by atoms with Crippen molar-refractivity contribution in [3.05, 3.63) is 36.2 Å². The van der Waals surface area contributed by atoms with E-state index in [1.165, 1.54) is 12.8 Å². The van der Waals surface area contributed by atoms with Crippen molar-refractivity contribution in [2.75, 3.05) is 18.8 Å². The molecular weight excluding hydrogens is 336 g/mol. The van der Waals surface area contributed by atoms with Gasteiger partial charge in [0.15, 0.2) is 5.82 Å². The number of carbonyl (C=O) groups excluding carboxylic acids is 1. The van der Waals surface area contributed by atoms with Crippen LogP contribution in [0.3, 0.4) is 0 Å². The van der Waals surface area contributed by atoms with Crippen molar-refractivity contribution >= 4 is 17.7 Å². The molecule has 0 aromatic carbocycles. The number of pyridine rings is 1. The summed E-state index contributed by atoms with van der Waals surface area (Å²) in [6.07, 6.45) is 8.80. The highest BCUT2D eigenvalue weighted by Gasteiger charge is 2.30. The summed E-state index contributed by atoms with van der Waals surface area (Å²) in [5.74, 6) is 3.21. The third kappa shape index (κ3) is 4.39. The molecule has 0 spiro atoms. The standard InChI is InChI=1S/C18H22N4O2S/c23-17(12-25-15-5-7-19-8-6-15)22-9-1-2-13(11-22)10-16-20-18(21-24-16)14-3-4-14/h5-8,13-14H,1-4,9-12H2/t13-/m1/s1. The van der Waals surface area contributed by atoms with Crippen molar-refractivity contribution in [3.63, 3.8) is 0 Å². The molecule has 2 aromatic rings. The van der Waals surface area contributed by atoms with Gasteiger partial charge in [-0.15, -0.1) is 11.8 Å². The van der Waals surface area contributed by atoms with Crippen LogP contribution < -0.4 is 0 Å². The van der Waals surface area contributed by atoms with Crippen LogP contribution >= 0.6 is 11.8 Å².